The monoisotopic (exact) mass is 266 g/mol. The molecule has 100 valence electrons. The maximum Gasteiger partial charge on any atom is 0.337 e. The average Bonchev–Trinajstić information content (AvgIpc) is 2.87. The van der Waals surface area contributed by atoms with E-state index < -0.39 is 0 Å². The Labute approximate surface area is 114 Å². The Kier molecular flexibility index (Phi) is 4.93. The van der Waals surface area contributed by atoms with Gasteiger partial charge >= 0.3 is 5.97 Å². The quantitative estimate of drug-likeness (QED) is 0.560. The summed E-state index contributed by atoms with van der Waals surface area (Å²) in [5.41, 5.74) is 2.08. The number of hydrogen-bond donors (Lipinski definition) is 0. The van der Waals surface area contributed by atoms with Crippen LogP contribution in [-0.4, -0.2) is 24.1 Å². The summed E-state index contributed by atoms with van der Waals surface area (Å²) in [6.45, 7) is 2.23. The average molecular weight is 266 g/mol. The number of fused-ring (bicyclic) bond motifs is 1. The Morgan fingerprint density at radius 2 is 2.33 bits per heavy atom. The molecule has 0 N–H and O–H groups in total. The summed E-state index contributed by atoms with van der Waals surface area (Å²) < 4.78 is 4.88. The summed E-state index contributed by atoms with van der Waals surface area (Å²) in [5, 5.41) is 0.665. The lowest BCUT2D eigenvalue weighted by molar-refractivity contribution is -0.135. The second kappa shape index (κ2) is 6.46. The molecule has 0 spiro atoms. The number of esters is 1. The van der Waals surface area contributed by atoms with Gasteiger partial charge in [-0.05, 0) is 42.9 Å². The number of allylic oxidation sites excluding steroid dienone is 2. The standard InChI is InChI=1S/C15H22O2S/c1-3-4-10-18-14-9-8-13(15(16)17-2)11-6-5-7-12(11)14/h6,8,12,14H,3-5,7,9-10H2,1-2H3/t12-,14?/m1/s1. The Bertz CT molecular complexity index is 371. The minimum atomic E-state index is -0.162. The van der Waals surface area contributed by atoms with Gasteiger partial charge in [0, 0.05) is 5.25 Å². The lowest BCUT2D eigenvalue weighted by atomic mass is 9.85. The van der Waals surface area contributed by atoms with Crippen LogP contribution in [0.3, 0.4) is 0 Å². The van der Waals surface area contributed by atoms with Gasteiger partial charge in [-0.1, -0.05) is 25.5 Å². The molecule has 3 heteroatoms. The molecule has 0 saturated heterocycles. The van der Waals surface area contributed by atoms with Gasteiger partial charge in [-0.3, -0.25) is 0 Å². The van der Waals surface area contributed by atoms with E-state index in [9.17, 15) is 4.79 Å². The third-order valence-electron chi connectivity index (χ3n) is 3.79. The summed E-state index contributed by atoms with van der Waals surface area (Å²) >= 11 is 2.08. The van der Waals surface area contributed by atoms with Gasteiger partial charge < -0.3 is 4.74 Å². The van der Waals surface area contributed by atoms with Gasteiger partial charge in [0.15, 0.2) is 0 Å². The number of carbonyl (C=O) groups excluding carboxylic acids is 1. The SMILES string of the molecule is CCCCSC1CC=C(C(=O)OC)C2=CCC[C@H]21. The van der Waals surface area contributed by atoms with Crippen LogP contribution in [0, 0.1) is 5.92 Å². The molecular weight excluding hydrogens is 244 g/mol. The van der Waals surface area contributed by atoms with E-state index in [-0.39, 0.29) is 5.97 Å². The van der Waals surface area contributed by atoms with Crippen molar-refractivity contribution in [1.82, 2.24) is 0 Å². The van der Waals surface area contributed by atoms with Crippen molar-refractivity contribution in [2.45, 2.75) is 44.3 Å². The first-order chi connectivity index (χ1) is 8.77. The highest BCUT2D eigenvalue weighted by molar-refractivity contribution is 7.99. The van der Waals surface area contributed by atoms with Crippen LogP contribution in [0.25, 0.3) is 0 Å². The van der Waals surface area contributed by atoms with Gasteiger partial charge in [-0.25, -0.2) is 4.79 Å². The van der Waals surface area contributed by atoms with Crippen LogP contribution in [0.15, 0.2) is 23.3 Å². The summed E-state index contributed by atoms with van der Waals surface area (Å²) in [5.74, 6) is 1.66. The number of rotatable bonds is 5. The molecule has 2 rings (SSSR count). The van der Waals surface area contributed by atoms with Crippen molar-refractivity contribution in [3.8, 4) is 0 Å². The lowest BCUT2D eigenvalue weighted by Crippen LogP contribution is -2.25. The normalized spacial score (nSPS) is 26.3. The molecule has 2 aliphatic rings. The largest absolute Gasteiger partial charge is 0.465 e. The fourth-order valence-corrected chi connectivity index (χ4v) is 4.32. The number of methoxy groups -OCH3 is 1. The van der Waals surface area contributed by atoms with E-state index in [0.29, 0.717) is 11.2 Å². The topological polar surface area (TPSA) is 26.3 Å². The maximum absolute atomic E-state index is 11.7. The van der Waals surface area contributed by atoms with E-state index in [1.165, 1.54) is 37.7 Å². The van der Waals surface area contributed by atoms with Crippen molar-refractivity contribution in [3.63, 3.8) is 0 Å². The Morgan fingerprint density at radius 1 is 1.50 bits per heavy atom. The third kappa shape index (κ3) is 2.82. The van der Waals surface area contributed by atoms with E-state index >= 15 is 0 Å². The molecule has 0 heterocycles. The van der Waals surface area contributed by atoms with E-state index in [1.54, 1.807) is 0 Å². The first-order valence-corrected chi connectivity index (χ1v) is 7.93. The highest BCUT2D eigenvalue weighted by Gasteiger charge is 2.35. The van der Waals surface area contributed by atoms with Crippen LogP contribution in [0.2, 0.25) is 0 Å². The van der Waals surface area contributed by atoms with Gasteiger partial charge in [0.25, 0.3) is 0 Å². The molecule has 0 amide bonds. The van der Waals surface area contributed by atoms with Gasteiger partial charge in [-0.2, -0.15) is 11.8 Å². The minimum absolute atomic E-state index is 0.162. The van der Waals surface area contributed by atoms with Crippen molar-refractivity contribution >= 4 is 17.7 Å². The van der Waals surface area contributed by atoms with E-state index in [0.717, 1.165) is 18.4 Å². The number of ether oxygens (including phenoxy) is 1. The molecule has 18 heavy (non-hydrogen) atoms. The fourth-order valence-electron chi connectivity index (χ4n) is 2.81. The van der Waals surface area contributed by atoms with Crippen LogP contribution in [0.4, 0.5) is 0 Å². The molecule has 2 atom stereocenters. The molecule has 0 aromatic rings. The van der Waals surface area contributed by atoms with Crippen molar-refractivity contribution in [1.29, 1.82) is 0 Å². The van der Waals surface area contributed by atoms with Crippen LogP contribution in [0.5, 0.6) is 0 Å². The Hall–Kier alpha value is -0.700. The zero-order valence-corrected chi connectivity index (χ0v) is 12.1. The second-order valence-corrected chi connectivity index (χ2v) is 6.30. The van der Waals surface area contributed by atoms with Gasteiger partial charge in [0.05, 0.1) is 12.7 Å². The molecule has 0 aromatic carbocycles. The molecule has 0 fully saturated rings. The van der Waals surface area contributed by atoms with Gasteiger partial charge in [0.2, 0.25) is 0 Å². The van der Waals surface area contributed by atoms with Crippen LogP contribution >= 0.6 is 11.8 Å². The molecule has 1 unspecified atom stereocenters. The van der Waals surface area contributed by atoms with Crippen LogP contribution in [0.1, 0.15) is 39.0 Å². The van der Waals surface area contributed by atoms with E-state index in [2.05, 4.69) is 30.8 Å². The van der Waals surface area contributed by atoms with Gasteiger partial charge in [-0.15, -0.1) is 0 Å². The van der Waals surface area contributed by atoms with Crippen molar-refractivity contribution in [2.75, 3.05) is 12.9 Å². The van der Waals surface area contributed by atoms with E-state index in [1.807, 2.05) is 0 Å². The van der Waals surface area contributed by atoms with Crippen molar-refractivity contribution < 1.29 is 9.53 Å². The van der Waals surface area contributed by atoms with E-state index in [4.69, 9.17) is 4.74 Å². The number of thioether (sulfide) groups is 1. The van der Waals surface area contributed by atoms with Crippen molar-refractivity contribution in [2.24, 2.45) is 5.92 Å². The highest BCUT2D eigenvalue weighted by atomic mass is 32.2. The van der Waals surface area contributed by atoms with Gasteiger partial charge in [0.1, 0.15) is 0 Å². The minimum Gasteiger partial charge on any atom is -0.465 e. The number of carbonyl (C=O) groups is 1. The molecular formula is C15H22O2S. The summed E-state index contributed by atoms with van der Waals surface area (Å²) in [6.07, 6.45) is 10.2. The first kappa shape index (κ1) is 13.7. The first-order valence-electron chi connectivity index (χ1n) is 6.88. The summed E-state index contributed by atoms with van der Waals surface area (Å²) in [6, 6.07) is 0. The molecule has 2 nitrogen and oxygen atoms in total. The summed E-state index contributed by atoms with van der Waals surface area (Å²) in [4.78, 5) is 11.7. The predicted octanol–water partition coefficient (Wildman–Crippen LogP) is 3.73. The third-order valence-corrected chi connectivity index (χ3v) is 5.26. The zero-order chi connectivity index (χ0) is 13.0. The van der Waals surface area contributed by atoms with Crippen molar-refractivity contribution in [3.05, 3.63) is 23.3 Å². The smallest absolute Gasteiger partial charge is 0.337 e. The zero-order valence-electron chi connectivity index (χ0n) is 11.3. The second-order valence-electron chi connectivity index (χ2n) is 4.95. The molecule has 0 aromatic heterocycles. The fraction of sp³-hybridized carbons (Fsp3) is 0.667. The molecule has 0 radical (unpaired) electrons. The lowest BCUT2D eigenvalue weighted by Gasteiger charge is -2.29. The maximum atomic E-state index is 11.7. The molecule has 0 bridgehead atoms. The van der Waals surface area contributed by atoms with Crippen LogP contribution < -0.4 is 0 Å². The predicted molar refractivity (Wildman–Crippen MR) is 76.7 cm³/mol. The van der Waals surface area contributed by atoms with Crippen LogP contribution in [-0.2, 0) is 9.53 Å². The number of unbranched alkanes of at least 4 members (excludes halogenated alkanes) is 1. The molecule has 0 saturated carbocycles. The Balaban J connectivity index is 2.05. The molecule has 2 aliphatic carbocycles. The highest BCUT2D eigenvalue weighted by Crippen LogP contribution is 2.43. The molecule has 0 aliphatic heterocycles. The number of hydrogen-bond acceptors (Lipinski definition) is 3. The Morgan fingerprint density at radius 3 is 3.06 bits per heavy atom. The summed E-state index contributed by atoms with van der Waals surface area (Å²) in [7, 11) is 1.47.